The summed E-state index contributed by atoms with van der Waals surface area (Å²) in [5.74, 6) is 0.314. The maximum absolute atomic E-state index is 12.4. The third-order valence-corrected chi connectivity index (χ3v) is 5.09. The molecule has 0 saturated heterocycles. The predicted molar refractivity (Wildman–Crippen MR) is 136 cm³/mol. The van der Waals surface area contributed by atoms with Gasteiger partial charge in [0.05, 0.1) is 27.9 Å². The smallest absolute Gasteiger partial charge is 0.348 e. The van der Waals surface area contributed by atoms with Crippen LogP contribution in [0.15, 0.2) is 48.0 Å². The molecule has 2 rings (SSSR count). The molecule has 0 atom stereocenters. The zero-order chi connectivity index (χ0) is 26.3. The number of nitriles is 1. The average Bonchev–Trinajstić information content (AvgIpc) is 2.90. The van der Waals surface area contributed by atoms with Gasteiger partial charge in [0, 0.05) is 6.08 Å². The van der Waals surface area contributed by atoms with Crippen molar-refractivity contribution in [2.45, 2.75) is 32.6 Å². The molecule has 36 heavy (non-hydrogen) atoms. The molecule has 8 nitrogen and oxygen atoms in total. The van der Waals surface area contributed by atoms with Crippen LogP contribution in [0.25, 0.3) is 12.2 Å². The summed E-state index contributed by atoms with van der Waals surface area (Å²) >= 11 is 0. The topological polar surface area (TPSA) is 104 Å². The Morgan fingerprint density at radius 2 is 1.56 bits per heavy atom. The Morgan fingerprint density at radius 1 is 0.889 bits per heavy atom. The zero-order valence-corrected chi connectivity index (χ0v) is 21.0. The molecule has 0 amide bonds. The Kier molecular flexibility index (Phi) is 11.6. The van der Waals surface area contributed by atoms with Gasteiger partial charge < -0.3 is 23.7 Å². The van der Waals surface area contributed by atoms with Crippen LogP contribution in [0.5, 0.6) is 23.0 Å². The van der Waals surface area contributed by atoms with Crippen LogP contribution in [0.4, 0.5) is 0 Å². The van der Waals surface area contributed by atoms with Crippen LogP contribution in [-0.2, 0) is 14.3 Å². The molecule has 0 radical (unpaired) electrons. The lowest BCUT2D eigenvalue weighted by Crippen LogP contribution is -2.05. The number of unbranched alkanes of at least 4 members (excludes halogenated alkanes) is 3. The molecule has 0 aliphatic carbocycles. The van der Waals surface area contributed by atoms with E-state index in [0.29, 0.717) is 23.7 Å². The van der Waals surface area contributed by atoms with Gasteiger partial charge in [-0.1, -0.05) is 38.3 Å². The van der Waals surface area contributed by atoms with Crippen LogP contribution < -0.4 is 18.9 Å². The van der Waals surface area contributed by atoms with Gasteiger partial charge in [-0.2, -0.15) is 5.26 Å². The number of rotatable bonds is 13. The summed E-state index contributed by atoms with van der Waals surface area (Å²) in [4.78, 5) is 24.0. The van der Waals surface area contributed by atoms with E-state index in [1.807, 2.05) is 12.1 Å². The average molecular weight is 494 g/mol. The summed E-state index contributed by atoms with van der Waals surface area (Å²) < 4.78 is 26.5. The molecular weight excluding hydrogens is 462 g/mol. The largest absolute Gasteiger partial charge is 0.493 e. The van der Waals surface area contributed by atoms with E-state index in [1.165, 1.54) is 45.3 Å². The first-order valence-corrected chi connectivity index (χ1v) is 11.5. The van der Waals surface area contributed by atoms with Gasteiger partial charge in [0.1, 0.15) is 11.6 Å². The summed E-state index contributed by atoms with van der Waals surface area (Å²) in [6.45, 7) is 2.78. The van der Waals surface area contributed by atoms with E-state index in [9.17, 15) is 9.59 Å². The molecular formula is C28H31NO7. The monoisotopic (exact) mass is 493 g/mol. The number of carbonyl (C=O) groups excluding carboxylic acids is 2. The normalized spacial score (nSPS) is 11.0. The summed E-state index contributed by atoms with van der Waals surface area (Å²) in [5.41, 5.74) is 1.07. The van der Waals surface area contributed by atoms with Crippen molar-refractivity contribution in [3.8, 4) is 29.1 Å². The van der Waals surface area contributed by atoms with Crippen molar-refractivity contribution >= 4 is 24.1 Å². The number of hydrogen-bond donors (Lipinski definition) is 0. The number of ether oxygens (including phenoxy) is 5. The first kappa shape index (κ1) is 28.0. The molecule has 190 valence electrons. The number of carbonyl (C=O) groups is 2. The minimum atomic E-state index is -0.750. The van der Waals surface area contributed by atoms with Crippen molar-refractivity contribution in [1.82, 2.24) is 0 Å². The summed E-state index contributed by atoms with van der Waals surface area (Å²) in [5, 5.41) is 9.11. The van der Waals surface area contributed by atoms with Crippen LogP contribution >= 0.6 is 0 Å². The SMILES string of the molecule is CCCCCCOc1ccc(/C=C/C(=O)Oc2ccc(/C=C(\C#N)C(=O)OC)cc2OC)cc1OC. The number of nitrogens with zero attached hydrogens (tertiary/aromatic N) is 1. The predicted octanol–water partition coefficient (Wildman–Crippen LogP) is 5.36. The summed E-state index contributed by atoms with van der Waals surface area (Å²) in [6, 6.07) is 11.8. The van der Waals surface area contributed by atoms with Crippen LogP contribution in [0.1, 0.15) is 43.7 Å². The van der Waals surface area contributed by atoms with E-state index in [1.54, 1.807) is 37.5 Å². The molecule has 0 unspecified atom stereocenters. The van der Waals surface area contributed by atoms with E-state index in [0.717, 1.165) is 18.4 Å². The number of methoxy groups -OCH3 is 3. The lowest BCUT2D eigenvalue weighted by Gasteiger charge is -2.11. The molecule has 0 N–H and O–H groups in total. The van der Waals surface area contributed by atoms with E-state index in [-0.39, 0.29) is 17.1 Å². The third kappa shape index (κ3) is 8.51. The summed E-state index contributed by atoms with van der Waals surface area (Å²) in [7, 11) is 4.18. The highest BCUT2D eigenvalue weighted by molar-refractivity contribution is 5.98. The maximum atomic E-state index is 12.4. The first-order valence-electron chi connectivity index (χ1n) is 11.5. The fourth-order valence-electron chi connectivity index (χ4n) is 3.20. The van der Waals surface area contributed by atoms with Gasteiger partial charge in [-0.25, -0.2) is 9.59 Å². The highest BCUT2D eigenvalue weighted by Crippen LogP contribution is 2.30. The van der Waals surface area contributed by atoms with Crippen molar-refractivity contribution < 1.29 is 33.3 Å². The lowest BCUT2D eigenvalue weighted by atomic mass is 10.1. The standard InChI is InChI=1S/C28H31NO7/c1-5-6-7-8-15-35-23-12-9-20(17-25(23)32-2)11-14-27(30)36-24-13-10-21(18-26(24)33-3)16-22(19-29)28(31)34-4/h9-14,16-18H,5-8,15H2,1-4H3/b14-11+,22-16+. The van der Waals surface area contributed by atoms with E-state index < -0.39 is 11.9 Å². The highest BCUT2D eigenvalue weighted by Gasteiger charge is 2.12. The highest BCUT2D eigenvalue weighted by atomic mass is 16.6. The summed E-state index contributed by atoms with van der Waals surface area (Å²) in [6.07, 6.45) is 8.71. The van der Waals surface area contributed by atoms with Crippen molar-refractivity contribution in [3.05, 3.63) is 59.2 Å². The number of hydrogen-bond acceptors (Lipinski definition) is 8. The first-order chi connectivity index (χ1) is 17.4. The van der Waals surface area contributed by atoms with Crippen molar-refractivity contribution in [2.75, 3.05) is 27.9 Å². The van der Waals surface area contributed by atoms with E-state index in [4.69, 9.17) is 24.2 Å². The van der Waals surface area contributed by atoms with Crippen LogP contribution in [0.2, 0.25) is 0 Å². The Hall–Kier alpha value is -4.25. The maximum Gasteiger partial charge on any atom is 0.348 e. The Bertz CT molecular complexity index is 1150. The van der Waals surface area contributed by atoms with Crippen LogP contribution in [0, 0.1) is 11.3 Å². The Labute approximate surface area is 211 Å². The second-order valence-corrected chi connectivity index (χ2v) is 7.65. The molecule has 8 heteroatoms. The van der Waals surface area contributed by atoms with Gasteiger partial charge in [-0.3, -0.25) is 0 Å². The lowest BCUT2D eigenvalue weighted by molar-refractivity contribution is -0.135. The molecule has 0 aliphatic rings. The van der Waals surface area contributed by atoms with Crippen molar-refractivity contribution in [2.24, 2.45) is 0 Å². The van der Waals surface area contributed by atoms with Crippen molar-refractivity contribution in [3.63, 3.8) is 0 Å². The van der Waals surface area contributed by atoms with Gasteiger partial charge in [0.25, 0.3) is 0 Å². The van der Waals surface area contributed by atoms with Gasteiger partial charge in [0.15, 0.2) is 23.0 Å². The van der Waals surface area contributed by atoms with Crippen LogP contribution in [0.3, 0.4) is 0 Å². The van der Waals surface area contributed by atoms with E-state index >= 15 is 0 Å². The van der Waals surface area contributed by atoms with Gasteiger partial charge >= 0.3 is 11.9 Å². The molecule has 0 aromatic heterocycles. The van der Waals surface area contributed by atoms with Crippen molar-refractivity contribution in [1.29, 1.82) is 5.26 Å². The fraction of sp³-hybridized carbons (Fsp3) is 0.321. The van der Waals surface area contributed by atoms with Gasteiger partial charge in [0.2, 0.25) is 0 Å². The molecule has 2 aromatic rings. The molecule has 0 saturated carbocycles. The molecule has 0 fully saturated rings. The minimum absolute atomic E-state index is 0.171. The molecule has 2 aromatic carbocycles. The molecule has 0 aliphatic heterocycles. The minimum Gasteiger partial charge on any atom is -0.493 e. The second kappa shape index (κ2) is 14.9. The third-order valence-electron chi connectivity index (χ3n) is 5.09. The Morgan fingerprint density at radius 3 is 2.22 bits per heavy atom. The second-order valence-electron chi connectivity index (χ2n) is 7.65. The zero-order valence-electron chi connectivity index (χ0n) is 21.0. The van der Waals surface area contributed by atoms with E-state index in [2.05, 4.69) is 11.7 Å². The molecule has 0 spiro atoms. The van der Waals surface area contributed by atoms with Crippen LogP contribution in [-0.4, -0.2) is 39.9 Å². The Balaban J connectivity index is 2.07. The quantitative estimate of drug-likeness (QED) is 0.121. The molecule has 0 heterocycles. The number of benzene rings is 2. The fourth-order valence-corrected chi connectivity index (χ4v) is 3.20. The van der Waals surface area contributed by atoms with Gasteiger partial charge in [-0.05, 0) is 54.0 Å². The molecule has 0 bridgehead atoms. The van der Waals surface area contributed by atoms with Gasteiger partial charge in [-0.15, -0.1) is 0 Å². The number of esters is 2.